The number of carbonyl (C=O) groups excluding carboxylic acids is 1. The fourth-order valence-corrected chi connectivity index (χ4v) is 4.74. The zero-order chi connectivity index (χ0) is 31.7. The smallest absolute Gasteiger partial charge is 0.354 e. The molecule has 0 radical (unpaired) electrons. The molecule has 228 valence electrons. The van der Waals surface area contributed by atoms with Gasteiger partial charge in [-0.3, -0.25) is 18.8 Å². The van der Waals surface area contributed by atoms with E-state index in [0.717, 1.165) is 4.57 Å². The summed E-state index contributed by atoms with van der Waals surface area (Å²) in [4.78, 5) is 56.5. The quantitative estimate of drug-likeness (QED) is 0.208. The molecule has 5 rings (SSSR count). The second-order valence-electron chi connectivity index (χ2n) is 9.61. The number of aromatic amines is 1. The lowest BCUT2D eigenvalue weighted by atomic mass is 10.2. The van der Waals surface area contributed by atoms with Crippen LogP contribution in [0.25, 0.3) is 10.9 Å². The van der Waals surface area contributed by atoms with Gasteiger partial charge in [-0.2, -0.15) is 10.1 Å². The Labute approximate surface area is 254 Å². The molecule has 0 saturated heterocycles. The highest BCUT2D eigenvalue weighted by Crippen LogP contribution is 2.29. The maximum atomic E-state index is 14.0. The Balaban J connectivity index is 1.58. The van der Waals surface area contributed by atoms with Gasteiger partial charge in [0, 0.05) is 36.8 Å². The number of carbonyl (C=O) groups is 1. The largest absolute Gasteiger partial charge is 0.355 e. The lowest BCUT2D eigenvalue weighted by Gasteiger charge is -2.16. The first-order valence-electron chi connectivity index (χ1n) is 12.8. The van der Waals surface area contributed by atoms with Crippen molar-refractivity contribution < 1.29 is 18.0 Å². The number of hydrogen-bond acceptors (Lipinski definition) is 7. The van der Waals surface area contributed by atoms with E-state index in [0.29, 0.717) is 40.7 Å². The predicted octanol–water partition coefficient (Wildman–Crippen LogP) is 3.14. The molecule has 0 aliphatic rings. The number of pyridine rings is 1. The molecular formula is C27H21Cl2F3N8O4. The summed E-state index contributed by atoms with van der Waals surface area (Å²) in [5.74, 6) is -5.22. The van der Waals surface area contributed by atoms with Crippen LogP contribution in [0, 0.1) is 17.5 Å². The van der Waals surface area contributed by atoms with Crippen molar-refractivity contribution in [1.82, 2.24) is 34.2 Å². The number of nitrogens with one attached hydrogen (secondary N) is 3. The van der Waals surface area contributed by atoms with Crippen LogP contribution >= 0.6 is 23.2 Å². The van der Waals surface area contributed by atoms with Crippen molar-refractivity contribution in [2.24, 2.45) is 0 Å². The number of benzene rings is 2. The molecule has 3 aromatic heterocycles. The molecule has 44 heavy (non-hydrogen) atoms. The number of H-pyrrole nitrogens is 1. The Hall–Kier alpha value is -4.89. The Bertz CT molecular complexity index is 2090. The zero-order valence-corrected chi connectivity index (χ0v) is 24.1. The van der Waals surface area contributed by atoms with E-state index < -0.39 is 47.5 Å². The van der Waals surface area contributed by atoms with Crippen molar-refractivity contribution in [2.75, 3.05) is 11.9 Å². The highest BCUT2D eigenvalue weighted by molar-refractivity contribution is 6.34. The minimum atomic E-state index is -1.69. The fraction of sp³-hybridized carbons (Fsp3) is 0.185. The van der Waals surface area contributed by atoms with Gasteiger partial charge in [0.25, 0.3) is 5.56 Å². The number of amides is 1. The Morgan fingerprint density at radius 1 is 1.00 bits per heavy atom. The molecule has 1 amide bonds. The Kier molecular flexibility index (Phi) is 8.60. The van der Waals surface area contributed by atoms with Gasteiger partial charge < -0.3 is 15.6 Å². The molecule has 0 bridgehead atoms. The third kappa shape index (κ3) is 6.53. The molecule has 0 aliphatic heterocycles. The highest BCUT2D eigenvalue weighted by atomic mass is 35.5. The number of rotatable bonds is 9. The monoisotopic (exact) mass is 648 g/mol. The third-order valence-electron chi connectivity index (χ3n) is 6.41. The van der Waals surface area contributed by atoms with Crippen LogP contribution in [0.4, 0.5) is 24.8 Å². The van der Waals surface area contributed by atoms with E-state index >= 15 is 0 Å². The summed E-state index contributed by atoms with van der Waals surface area (Å²) in [6.45, 7) is 1.00. The molecule has 5 aromatic rings. The van der Waals surface area contributed by atoms with Gasteiger partial charge in [0.2, 0.25) is 11.9 Å². The van der Waals surface area contributed by atoms with Crippen LogP contribution in [0.2, 0.25) is 10.0 Å². The molecule has 0 atom stereocenters. The first kappa shape index (κ1) is 30.6. The molecule has 0 spiro atoms. The molecule has 0 fully saturated rings. The summed E-state index contributed by atoms with van der Waals surface area (Å²) < 4.78 is 44.8. The lowest BCUT2D eigenvalue weighted by molar-refractivity contribution is -0.118. The average Bonchev–Trinajstić information content (AvgIpc) is 3.34. The van der Waals surface area contributed by atoms with E-state index in [1.165, 1.54) is 25.3 Å². The highest BCUT2D eigenvalue weighted by Gasteiger charge is 2.19. The van der Waals surface area contributed by atoms with E-state index in [4.69, 9.17) is 23.2 Å². The van der Waals surface area contributed by atoms with Crippen molar-refractivity contribution >= 4 is 51.6 Å². The molecule has 0 saturated carbocycles. The van der Waals surface area contributed by atoms with Crippen LogP contribution < -0.4 is 27.6 Å². The number of anilines is 2. The van der Waals surface area contributed by atoms with Crippen LogP contribution in [0.5, 0.6) is 0 Å². The van der Waals surface area contributed by atoms with Crippen molar-refractivity contribution in [3.63, 3.8) is 0 Å². The first-order chi connectivity index (χ1) is 20.9. The molecule has 3 N–H and O–H groups in total. The van der Waals surface area contributed by atoms with Crippen molar-refractivity contribution in [2.45, 2.75) is 26.6 Å². The summed E-state index contributed by atoms with van der Waals surface area (Å²) in [5.41, 5.74) is -2.19. The molecule has 0 unspecified atom stereocenters. The van der Waals surface area contributed by atoms with Crippen molar-refractivity contribution in [3.05, 3.63) is 113 Å². The van der Waals surface area contributed by atoms with Gasteiger partial charge in [-0.1, -0.05) is 23.2 Å². The molecule has 12 nitrogen and oxygen atoms in total. The number of nitrogens with zero attached hydrogens (tertiary/aromatic N) is 5. The van der Waals surface area contributed by atoms with Crippen LogP contribution in [0.1, 0.15) is 18.1 Å². The zero-order valence-electron chi connectivity index (χ0n) is 22.6. The molecule has 3 heterocycles. The van der Waals surface area contributed by atoms with Gasteiger partial charge in [0.1, 0.15) is 0 Å². The predicted molar refractivity (Wildman–Crippen MR) is 156 cm³/mol. The van der Waals surface area contributed by atoms with E-state index in [1.54, 1.807) is 16.9 Å². The molecule has 0 aliphatic carbocycles. The third-order valence-corrected chi connectivity index (χ3v) is 6.94. The van der Waals surface area contributed by atoms with E-state index in [9.17, 15) is 32.3 Å². The van der Waals surface area contributed by atoms with Crippen LogP contribution in [0.3, 0.4) is 0 Å². The Morgan fingerprint density at radius 2 is 1.73 bits per heavy atom. The molecule has 2 aromatic carbocycles. The van der Waals surface area contributed by atoms with Gasteiger partial charge in [0.15, 0.2) is 17.5 Å². The first-order valence-corrected chi connectivity index (χ1v) is 13.6. The number of fused-ring (bicyclic) bond motifs is 1. The van der Waals surface area contributed by atoms with Gasteiger partial charge in [0.05, 0.1) is 40.9 Å². The fourth-order valence-electron chi connectivity index (χ4n) is 4.35. The SMILES string of the molecule is CC(=O)NCCn1cc2cc(Nc3nc(=O)n(Cc4cc(Cl)c[nH]c4=O)c(=O)n3Cc3cc(F)c(F)c(F)c3)c(Cl)cc2n1. The van der Waals surface area contributed by atoms with E-state index in [2.05, 4.69) is 25.7 Å². The van der Waals surface area contributed by atoms with Gasteiger partial charge in [-0.25, -0.2) is 27.3 Å². The van der Waals surface area contributed by atoms with E-state index in [-0.39, 0.29) is 38.7 Å². The maximum absolute atomic E-state index is 14.0. The van der Waals surface area contributed by atoms with Gasteiger partial charge >= 0.3 is 11.4 Å². The van der Waals surface area contributed by atoms with E-state index in [1.807, 2.05) is 0 Å². The van der Waals surface area contributed by atoms with Crippen LogP contribution in [-0.2, 0) is 24.4 Å². The number of hydrogen-bond donors (Lipinski definition) is 3. The molecule has 17 heteroatoms. The van der Waals surface area contributed by atoms with Crippen LogP contribution in [-0.4, -0.2) is 41.3 Å². The standard InChI is InChI=1S/C27H21Cl2F3N8O4/c1-13(41)33-2-3-38-11-15-7-22(18(29)8-21(15)37-38)35-25-36-26(43)40(12-16-6-17(28)9-34-24(16)42)27(44)39(25)10-14-4-19(30)23(32)20(31)5-14/h4-9,11H,2-3,10,12H2,1H3,(H,33,41)(H,34,42)(H,35,36,43). The minimum Gasteiger partial charge on any atom is -0.354 e. The average molecular weight is 649 g/mol. The minimum absolute atomic E-state index is 0.0337. The number of aromatic nitrogens is 6. The lowest BCUT2D eigenvalue weighted by Crippen LogP contribution is -2.43. The van der Waals surface area contributed by atoms with Gasteiger partial charge in [-0.15, -0.1) is 0 Å². The Morgan fingerprint density at radius 3 is 2.43 bits per heavy atom. The van der Waals surface area contributed by atoms with Crippen molar-refractivity contribution in [3.8, 4) is 0 Å². The normalized spacial score (nSPS) is 11.2. The summed E-state index contributed by atoms with van der Waals surface area (Å²) in [5, 5.41) is 10.7. The second kappa shape index (κ2) is 12.4. The topological polar surface area (TPSA) is 149 Å². The summed E-state index contributed by atoms with van der Waals surface area (Å²) in [6.07, 6.45) is 2.91. The molecular weight excluding hydrogens is 628 g/mol. The number of halogens is 5. The van der Waals surface area contributed by atoms with Gasteiger partial charge in [-0.05, 0) is 35.9 Å². The summed E-state index contributed by atoms with van der Waals surface area (Å²) in [6, 6.07) is 5.75. The second-order valence-corrected chi connectivity index (χ2v) is 10.5. The van der Waals surface area contributed by atoms with Crippen molar-refractivity contribution in [1.29, 1.82) is 0 Å². The summed E-state index contributed by atoms with van der Waals surface area (Å²) in [7, 11) is 0. The summed E-state index contributed by atoms with van der Waals surface area (Å²) >= 11 is 12.4. The van der Waals surface area contributed by atoms with Crippen LogP contribution in [0.15, 0.2) is 57.1 Å². The maximum Gasteiger partial charge on any atom is 0.355 e.